The van der Waals surface area contributed by atoms with Crippen molar-refractivity contribution in [1.29, 1.82) is 0 Å². The molecule has 0 radical (unpaired) electrons. The highest BCUT2D eigenvalue weighted by Crippen LogP contribution is 2.36. The smallest absolute Gasteiger partial charge is 0.275 e. The van der Waals surface area contributed by atoms with Gasteiger partial charge in [0.15, 0.2) is 17.2 Å². The van der Waals surface area contributed by atoms with E-state index in [2.05, 4.69) is 9.59 Å². The fraction of sp³-hybridized carbons (Fsp3) is 0.167. The topological polar surface area (TPSA) is 64.6 Å². The molecular weight excluding hydrogens is 338 g/mol. The Labute approximate surface area is 148 Å². The van der Waals surface area contributed by atoms with Crippen LogP contribution in [0.15, 0.2) is 53.9 Å². The van der Waals surface area contributed by atoms with E-state index in [0.717, 1.165) is 22.7 Å². The van der Waals surface area contributed by atoms with Crippen molar-refractivity contribution in [3.05, 3.63) is 70.7 Å². The van der Waals surface area contributed by atoms with E-state index in [0.29, 0.717) is 30.3 Å². The molecule has 4 rings (SSSR count). The molecule has 0 aliphatic carbocycles. The molecule has 1 aliphatic rings. The van der Waals surface area contributed by atoms with Crippen molar-refractivity contribution in [3.8, 4) is 11.5 Å². The van der Waals surface area contributed by atoms with Crippen molar-refractivity contribution in [1.82, 2.24) is 14.5 Å². The summed E-state index contributed by atoms with van der Waals surface area (Å²) in [6.45, 7) is 1.08. The Morgan fingerprint density at radius 3 is 2.76 bits per heavy atom. The summed E-state index contributed by atoms with van der Waals surface area (Å²) in [5, 5.41) is 5.58. The zero-order valence-corrected chi connectivity index (χ0v) is 14.1. The first-order chi connectivity index (χ1) is 12.3. The van der Waals surface area contributed by atoms with Gasteiger partial charge in [-0.2, -0.15) is 0 Å². The lowest BCUT2D eigenvalue weighted by atomic mass is 10.1. The minimum Gasteiger partial charge on any atom is -0.454 e. The molecule has 2 heterocycles. The van der Waals surface area contributed by atoms with E-state index in [-0.39, 0.29) is 12.7 Å². The van der Waals surface area contributed by atoms with E-state index < -0.39 is 0 Å². The molecule has 3 aromatic rings. The molecule has 1 aromatic heterocycles. The molecule has 1 amide bonds. The molecule has 0 N–H and O–H groups in total. The highest BCUT2D eigenvalue weighted by Gasteiger charge is 2.23. The average molecular weight is 353 g/mol. The summed E-state index contributed by atoms with van der Waals surface area (Å²) in [5.74, 6) is 1.25. The Morgan fingerprint density at radius 1 is 1.08 bits per heavy atom. The number of hydrogen-bond donors (Lipinski definition) is 0. The minimum absolute atomic E-state index is 0.158. The molecule has 1 aliphatic heterocycles. The molecule has 2 aromatic carbocycles. The van der Waals surface area contributed by atoms with Crippen LogP contribution in [0.3, 0.4) is 0 Å². The predicted molar refractivity (Wildman–Crippen MR) is 92.5 cm³/mol. The van der Waals surface area contributed by atoms with E-state index in [4.69, 9.17) is 9.47 Å². The van der Waals surface area contributed by atoms with Gasteiger partial charge in [-0.1, -0.05) is 47.0 Å². The number of ether oxygens (including phenoxy) is 2. The SMILES string of the molecule is O=C(c1csnn1)N(Cc1ccccc1)Cc1cccc2c1OCO2. The van der Waals surface area contributed by atoms with Gasteiger partial charge >= 0.3 is 0 Å². The van der Waals surface area contributed by atoms with Gasteiger partial charge in [0, 0.05) is 17.5 Å². The maximum absolute atomic E-state index is 12.9. The van der Waals surface area contributed by atoms with Gasteiger partial charge in [-0.15, -0.1) is 5.10 Å². The fourth-order valence-electron chi connectivity index (χ4n) is 2.74. The minimum atomic E-state index is -0.158. The molecule has 0 spiro atoms. The van der Waals surface area contributed by atoms with Crippen LogP contribution in [0.1, 0.15) is 21.6 Å². The molecule has 25 heavy (non-hydrogen) atoms. The second-order valence-electron chi connectivity index (χ2n) is 5.59. The summed E-state index contributed by atoms with van der Waals surface area (Å²) < 4.78 is 14.8. The van der Waals surface area contributed by atoms with Gasteiger partial charge in [0.25, 0.3) is 5.91 Å². The quantitative estimate of drug-likeness (QED) is 0.705. The molecule has 0 fully saturated rings. The highest BCUT2D eigenvalue weighted by molar-refractivity contribution is 7.03. The van der Waals surface area contributed by atoms with Crippen LogP contribution in [-0.4, -0.2) is 27.2 Å². The van der Waals surface area contributed by atoms with E-state index in [1.54, 1.807) is 10.3 Å². The van der Waals surface area contributed by atoms with Crippen molar-refractivity contribution in [2.45, 2.75) is 13.1 Å². The van der Waals surface area contributed by atoms with Crippen LogP contribution in [0.5, 0.6) is 11.5 Å². The standard InChI is InChI=1S/C18H15N3O3S/c22-18(15-11-25-20-19-15)21(9-13-5-2-1-3-6-13)10-14-7-4-8-16-17(14)24-12-23-16/h1-8,11H,9-10,12H2. The Hall–Kier alpha value is -2.93. The maximum Gasteiger partial charge on any atom is 0.275 e. The zero-order chi connectivity index (χ0) is 17.1. The van der Waals surface area contributed by atoms with Gasteiger partial charge in [0.05, 0.1) is 6.54 Å². The number of carbonyl (C=O) groups is 1. The van der Waals surface area contributed by atoms with Crippen LogP contribution in [0.2, 0.25) is 0 Å². The Balaban J connectivity index is 1.63. The van der Waals surface area contributed by atoms with E-state index in [1.165, 1.54) is 0 Å². The molecule has 0 saturated heterocycles. The van der Waals surface area contributed by atoms with Gasteiger partial charge in [0.1, 0.15) is 0 Å². The van der Waals surface area contributed by atoms with Crippen molar-refractivity contribution >= 4 is 17.4 Å². The van der Waals surface area contributed by atoms with E-state index in [9.17, 15) is 4.79 Å². The van der Waals surface area contributed by atoms with Crippen LogP contribution in [-0.2, 0) is 13.1 Å². The molecule has 0 saturated carbocycles. The molecule has 7 heteroatoms. The lowest BCUT2D eigenvalue weighted by Gasteiger charge is -2.22. The highest BCUT2D eigenvalue weighted by atomic mass is 32.1. The van der Waals surface area contributed by atoms with Gasteiger partial charge < -0.3 is 14.4 Å². The number of hydrogen-bond acceptors (Lipinski definition) is 6. The number of carbonyl (C=O) groups excluding carboxylic acids is 1. The lowest BCUT2D eigenvalue weighted by Crippen LogP contribution is -2.30. The molecular formula is C18H15N3O3S. The predicted octanol–water partition coefficient (Wildman–Crippen LogP) is 3.11. The van der Waals surface area contributed by atoms with Crippen LogP contribution in [0.4, 0.5) is 0 Å². The number of rotatable bonds is 5. The van der Waals surface area contributed by atoms with Gasteiger partial charge in [0.2, 0.25) is 6.79 Å². The Morgan fingerprint density at radius 2 is 1.96 bits per heavy atom. The first kappa shape index (κ1) is 15.6. The summed E-state index contributed by atoms with van der Waals surface area (Å²) in [6.07, 6.45) is 0. The molecule has 0 atom stereocenters. The number of amides is 1. The van der Waals surface area contributed by atoms with Crippen LogP contribution < -0.4 is 9.47 Å². The molecule has 0 unspecified atom stereocenters. The van der Waals surface area contributed by atoms with Crippen molar-refractivity contribution < 1.29 is 14.3 Å². The van der Waals surface area contributed by atoms with Crippen molar-refractivity contribution in [3.63, 3.8) is 0 Å². The zero-order valence-electron chi connectivity index (χ0n) is 13.3. The third-order valence-corrected chi connectivity index (χ3v) is 4.43. The summed E-state index contributed by atoms with van der Waals surface area (Å²) in [6, 6.07) is 15.6. The van der Waals surface area contributed by atoms with Gasteiger partial charge in [-0.3, -0.25) is 4.79 Å². The number of para-hydroxylation sites is 1. The monoisotopic (exact) mass is 353 g/mol. The Kier molecular flexibility index (Phi) is 4.30. The largest absolute Gasteiger partial charge is 0.454 e. The van der Waals surface area contributed by atoms with Crippen molar-refractivity contribution in [2.75, 3.05) is 6.79 Å². The third kappa shape index (κ3) is 3.32. The number of aromatic nitrogens is 2. The van der Waals surface area contributed by atoms with Gasteiger partial charge in [-0.05, 0) is 23.2 Å². The summed E-state index contributed by atoms with van der Waals surface area (Å²) >= 11 is 1.16. The number of fused-ring (bicyclic) bond motifs is 1. The summed E-state index contributed by atoms with van der Waals surface area (Å²) in [5.41, 5.74) is 2.30. The molecule has 0 bridgehead atoms. The maximum atomic E-state index is 12.9. The second-order valence-corrected chi connectivity index (χ2v) is 6.20. The van der Waals surface area contributed by atoms with Crippen molar-refractivity contribution in [2.24, 2.45) is 0 Å². The summed E-state index contributed by atoms with van der Waals surface area (Å²) in [4.78, 5) is 14.6. The van der Waals surface area contributed by atoms with Gasteiger partial charge in [-0.25, -0.2) is 0 Å². The summed E-state index contributed by atoms with van der Waals surface area (Å²) in [7, 11) is 0. The fourth-order valence-corrected chi connectivity index (χ4v) is 3.17. The van der Waals surface area contributed by atoms with Crippen LogP contribution >= 0.6 is 11.5 Å². The first-order valence-corrected chi connectivity index (χ1v) is 8.62. The lowest BCUT2D eigenvalue weighted by molar-refractivity contribution is 0.0722. The van der Waals surface area contributed by atoms with E-state index in [1.807, 2.05) is 48.5 Å². The van der Waals surface area contributed by atoms with Crippen LogP contribution in [0.25, 0.3) is 0 Å². The molecule has 126 valence electrons. The number of nitrogens with zero attached hydrogens (tertiary/aromatic N) is 3. The number of benzene rings is 2. The van der Waals surface area contributed by atoms with E-state index >= 15 is 0 Å². The average Bonchev–Trinajstić information content (AvgIpc) is 3.33. The molecule has 6 nitrogen and oxygen atoms in total. The second kappa shape index (κ2) is 6.90. The normalized spacial score (nSPS) is 12.2. The van der Waals surface area contributed by atoms with Crippen LogP contribution in [0, 0.1) is 0 Å². The first-order valence-electron chi connectivity index (χ1n) is 7.79. The third-order valence-electron chi connectivity index (χ3n) is 3.92. The Bertz CT molecular complexity index is 869.